The average Bonchev–Trinajstić information content (AvgIpc) is 2.43. The third kappa shape index (κ3) is 1.37. The van der Waals surface area contributed by atoms with Crippen molar-refractivity contribution in [1.82, 2.24) is 4.98 Å². The van der Waals surface area contributed by atoms with E-state index in [1.807, 2.05) is 0 Å². The standard InChI is InChI=1S/C8H4ClF2NO/c9-8-12-5-3-1-2-4(7(10)11)6(5)13-8/h1-3,7H. The molecule has 0 radical (unpaired) electrons. The van der Waals surface area contributed by atoms with Gasteiger partial charge in [0.2, 0.25) is 0 Å². The number of benzene rings is 1. The Morgan fingerprint density at radius 2 is 2.15 bits per heavy atom. The van der Waals surface area contributed by atoms with Gasteiger partial charge in [-0.25, -0.2) is 8.78 Å². The highest BCUT2D eigenvalue weighted by Crippen LogP contribution is 2.29. The summed E-state index contributed by atoms with van der Waals surface area (Å²) in [4.78, 5) is 3.72. The van der Waals surface area contributed by atoms with E-state index < -0.39 is 6.43 Å². The Morgan fingerprint density at radius 1 is 1.38 bits per heavy atom. The lowest BCUT2D eigenvalue weighted by molar-refractivity contribution is 0.152. The van der Waals surface area contributed by atoms with Gasteiger partial charge in [0.15, 0.2) is 5.58 Å². The lowest BCUT2D eigenvalue weighted by Gasteiger charge is -1.97. The van der Waals surface area contributed by atoms with Gasteiger partial charge in [0.25, 0.3) is 11.8 Å². The van der Waals surface area contributed by atoms with Gasteiger partial charge < -0.3 is 4.42 Å². The van der Waals surface area contributed by atoms with Gasteiger partial charge in [0.05, 0.1) is 5.56 Å². The van der Waals surface area contributed by atoms with Crippen LogP contribution in [0.1, 0.15) is 12.0 Å². The second-order valence-corrected chi connectivity index (χ2v) is 2.79. The molecule has 0 aliphatic heterocycles. The average molecular weight is 204 g/mol. The molecule has 68 valence electrons. The summed E-state index contributed by atoms with van der Waals surface area (Å²) in [6.07, 6.45) is -2.58. The topological polar surface area (TPSA) is 26.0 Å². The van der Waals surface area contributed by atoms with Crippen molar-refractivity contribution in [2.24, 2.45) is 0 Å². The van der Waals surface area contributed by atoms with Crippen LogP contribution < -0.4 is 0 Å². The van der Waals surface area contributed by atoms with Gasteiger partial charge in [0, 0.05) is 0 Å². The number of nitrogens with zero attached hydrogens (tertiary/aromatic N) is 1. The van der Waals surface area contributed by atoms with E-state index in [-0.39, 0.29) is 16.5 Å². The first-order valence-corrected chi connectivity index (χ1v) is 3.89. The highest BCUT2D eigenvalue weighted by molar-refractivity contribution is 6.28. The summed E-state index contributed by atoms with van der Waals surface area (Å²) >= 11 is 5.44. The van der Waals surface area contributed by atoms with Crippen LogP contribution >= 0.6 is 11.6 Å². The minimum absolute atomic E-state index is 0.0579. The Kier molecular flexibility index (Phi) is 1.92. The molecule has 1 aromatic heterocycles. The summed E-state index contributed by atoms with van der Waals surface area (Å²) in [5.41, 5.74) is 0.224. The minimum atomic E-state index is -2.58. The number of rotatable bonds is 1. The van der Waals surface area contributed by atoms with Crippen molar-refractivity contribution in [1.29, 1.82) is 0 Å². The number of hydrogen-bond acceptors (Lipinski definition) is 2. The van der Waals surface area contributed by atoms with Crippen LogP contribution in [0.15, 0.2) is 22.6 Å². The monoisotopic (exact) mass is 203 g/mol. The van der Waals surface area contributed by atoms with Crippen LogP contribution in [0, 0.1) is 0 Å². The Hall–Kier alpha value is -1.16. The third-order valence-corrected chi connectivity index (χ3v) is 1.82. The van der Waals surface area contributed by atoms with Crippen LogP contribution in [0.25, 0.3) is 11.1 Å². The van der Waals surface area contributed by atoms with Gasteiger partial charge in [-0.2, -0.15) is 4.98 Å². The molecule has 0 atom stereocenters. The lowest BCUT2D eigenvalue weighted by atomic mass is 10.2. The second-order valence-electron chi connectivity index (χ2n) is 2.46. The van der Waals surface area contributed by atoms with Gasteiger partial charge in [-0.3, -0.25) is 0 Å². The van der Waals surface area contributed by atoms with Gasteiger partial charge >= 0.3 is 0 Å². The Balaban J connectivity index is 2.75. The number of para-hydroxylation sites is 1. The maximum atomic E-state index is 12.4. The van der Waals surface area contributed by atoms with E-state index in [1.54, 1.807) is 6.07 Å². The Labute approximate surface area is 77.1 Å². The summed E-state index contributed by atoms with van der Waals surface area (Å²) in [7, 11) is 0. The first kappa shape index (κ1) is 8.44. The number of hydrogen-bond donors (Lipinski definition) is 0. The number of alkyl halides is 2. The van der Waals surface area contributed by atoms with Crippen molar-refractivity contribution in [3.63, 3.8) is 0 Å². The minimum Gasteiger partial charge on any atom is -0.427 e. The number of fused-ring (bicyclic) bond motifs is 1. The van der Waals surface area contributed by atoms with Crippen molar-refractivity contribution in [2.75, 3.05) is 0 Å². The van der Waals surface area contributed by atoms with Crippen LogP contribution in [-0.2, 0) is 0 Å². The van der Waals surface area contributed by atoms with Crippen LogP contribution in [-0.4, -0.2) is 4.98 Å². The molecule has 0 bridgehead atoms. The Bertz CT molecular complexity index is 441. The lowest BCUT2D eigenvalue weighted by Crippen LogP contribution is -1.83. The van der Waals surface area contributed by atoms with E-state index in [0.29, 0.717) is 5.52 Å². The molecular formula is C8H4ClF2NO. The molecule has 1 heterocycles. The highest BCUT2D eigenvalue weighted by atomic mass is 35.5. The molecule has 0 saturated heterocycles. The number of halogens is 3. The third-order valence-electron chi connectivity index (χ3n) is 1.65. The molecule has 0 fully saturated rings. The SMILES string of the molecule is FC(F)c1cccc2nc(Cl)oc12. The van der Waals surface area contributed by atoms with Crippen molar-refractivity contribution in [2.45, 2.75) is 6.43 Å². The number of aromatic nitrogens is 1. The first-order chi connectivity index (χ1) is 6.18. The van der Waals surface area contributed by atoms with E-state index in [4.69, 9.17) is 16.0 Å². The normalized spacial score (nSPS) is 11.4. The maximum absolute atomic E-state index is 12.4. The summed E-state index contributed by atoms with van der Waals surface area (Å²) in [5, 5.41) is -0.122. The smallest absolute Gasteiger partial charge is 0.293 e. The fraction of sp³-hybridized carbons (Fsp3) is 0.125. The van der Waals surface area contributed by atoms with E-state index in [9.17, 15) is 8.78 Å². The zero-order valence-electron chi connectivity index (χ0n) is 6.30. The fourth-order valence-electron chi connectivity index (χ4n) is 1.12. The molecule has 0 amide bonds. The van der Waals surface area contributed by atoms with Gasteiger partial charge in [-0.05, 0) is 23.7 Å². The summed E-state index contributed by atoms with van der Waals surface area (Å²) in [5.74, 6) is 0. The first-order valence-electron chi connectivity index (χ1n) is 3.51. The van der Waals surface area contributed by atoms with Crippen molar-refractivity contribution >= 4 is 22.7 Å². The van der Waals surface area contributed by atoms with Crippen molar-refractivity contribution in [3.05, 3.63) is 29.1 Å². The molecule has 0 spiro atoms. The molecule has 5 heteroatoms. The molecule has 2 rings (SSSR count). The molecule has 0 saturated carbocycles. The van der Waals surface area contributed by atoms with Crippen LogP contribution in [0.2, 0.25) is 5.35 Å². The van der Waals surface area contributed by atoms with E-state index in [0.717, 1.165) is 0 Å². The van der Waals surface area contributed by atoms with E-state index >= 15 is 0 Å². The molecule has 0 N–H and O–H groups in total. The molecule has 2 nitrogen and oxygen atoms in total. The molecule has 1 aromatic carbocycles. The Morgan fingerprint density at radius 3 is 2.85 bits per heavy atom. The predicted octanol–water partition coefficient (Wildman–Crippen LogP) is 3.42. The maximum Gasteiger partial charge on any atom is 0.293 e. The summed E-state index contributed by atoms with van der Waals surface area (Å²) < 4.78 is 29.6. The summed E-state index contributed by atoms with van der Waals surface area (Å²) in [6, 6.07) is 4.34. The van der Waals surface area contributed by atoms with Crippen LogP contribution in [0.4, 0.5) is 8.78 Å². The van der Waals surface area contributed by atoms with Crippen molar-refractivity contribution in [3.8, 4) is 0 Å². The summed E-state index contributed by atoms with van der Waals surface area (Å²) in [6.45, 7) is 0. The molecule has 13 heavy (non-hydrogen) atoms. The fourth-order valence-corrected chi connectivity index (χ4v) is 1.28. The van der Waals surface area contributed by atoms with Gasteiger partial charge in [0.1, 0.15) is 5.52 Å². The molecule has 0 aliphatic rings. The van der Waals surface area contributed by atoms with Crippen molar-refractivity contribution < 1.29 is 13.2 Å². The molecule has 2 aromatic rings. The highest BCUT2D eigenvalue weighted by Gasteiger charge is 2.15. The number of oxazole rings is 1. The predicted molar refractivity (Wildman–Crippen MR) is 44.0 cm³/mol. The second kappa shape index (κ2) is 2.96. The van der Waals surface area contributed by atoms with Gasteiger partial charge in [-0.1, -0.05) is 6.07 Å². The van der Waals surface area contributed by atoms with E-state index in [2.05, 4.69) is 4.98 Å². The molecule has 0 unspecified atom stereocenters. The molecule has 0 aliphatic carbocycles. The van der Waals surface area contributed by atoms with E-state index in [1.165, 1.54) is 12.1 Å². The van der Waals surface area contributed by atoms with Crippen LogP contribution in [0.3, 0.4) is 0 Å². The van der Waals surface area contributed by atoms with Crippen LogP contribution in [0.5, 0.6) is 0 Å². The largest absolute Gasteiger partial charge is 0.427 e. The van der Waals surface area contributed by atoms with Gasteiger partial charge in [-0.15, -0.1) is 0 Å². The quantitative estimate of drug-likeness (QED) is 0.710. The molecular weight excluding hydrogens is 200 g/mol. The zero-order chi connectivity index (χ0) is 9.42. The zero-order valence-corrected chi connectivity index (χ0v) is 7.05.